The molecule has 7 heteroatoms. The molecule has 6 nitrogen and oxygen atoms in total. The van der Waals surface area contributed by atoms with E-state index in [9.17, 15) is 0 Å². The first-order chi connectivity index (χ1) is 13.1. The summed E-state index contributed by atoms with van der Waals surface area (Å²) in [5.74, 6) is 1.53. The van der Waals surface area contributed by atoms with E-state index >= 15 is 0 Å². The summed E-state index contributed by atoms with van der Waals surface area (Å²) in [7, 11) is 0. The fourth-order valence-electron chi connectivity index (χ4n) is 3.39. The van der Waals surface area contributed by atoms with E-state index in [4.69, 9.17) is 20.8 Å². The zero-order valence-electron chi connectivity index (χ0n) is 15.6. The molecule has 2 aromatic heterocycles. The lowest BCUT2D eigenvalue weighted by atomic mass is 10.1. The average Bonchev–Trinajstić information content (AvgIpc) is 3.21. The van der Waals surface area contributed by atoms with Crippen LogP contribution in [0, 0.1) is 13.8 Å². The monoisotopic (exact) mass is 386 g/mol. The Morgan fingerprint density at radius 1 is 1.22 bits per heavy atom. The first-order valence-electron chi connectivity index (χ1n) is 9.12. The Morgan fingerprint density at radius 3 is 2.78 bits per heavy atom. The third-order valence-electron chi connectivity index (χ3n) is 4.68. The van der Waals surface area contributed by atoms with Crippen molar-refractivity contribution in [2.45, 2.75) is 33.0 Å². The number of hydrogen-bond acceptors (Lipinski definition) is 5. The Morgan fingerprint density at radius 2 is 2.04 bits per heavy atom. The summed E-state index contributed by atoms with van der Waals surface area (Å²) in [5.41, 5.74) is 3.04. The van der Waals surface area contributed by atoms with Crippen molar-refractivity contribution in [1.29, 1.82) is 0 Å². The summed E-state index contributed by atoms with van der Waals surface area (Å²) in [5, 5.41) is 5.06. The second-order valence-corrected chi connectivity index (χ2v) is 7.43. The number of oxazole rings is 1. The van der Waals surface area contributed by atoms with Crippen LogP contribution < -0.4 is 0 Å². The highest BCUT2D eigenvalue weighted by molar-refractivity contribution is 6.30. The molecule has 0 saturated carbocycles. The lowest BCUT2D eigenvalue weighted by Gasteiger charge is -2.32. The molecule has 0 bridgehead atoms. The van der Waals surface area contributed by atoms with E-state index in [-0.39, 0.29) is 6.10 Å². The van der Waals surface area contributed by atoms with E-state index in [1.165, 1.54) is 0 Å². The van der Waals surface area contributed by atoms with Crippen LogP contribution in [0.2, 0.25) is 5.02 Å². The Hall–Kier alpha value is -2.15. The molecule has 0 amide bonds. The number of benzene rings is 1. The maximum absolute atomic E-state index is 6.05. The van der Waals surface area contributed by atoms with E-state index in [1.807, 2.05) is 55.2 Å². The SMILES string of the molecule is Cc1cnn(CC2CN(Cc3nc(C)c(-c4ccc(Cl)cc4)o3)CCO2)c1. The highest BCUT2D eigenvalue weighted by atomic mass is 35.5. The minimum atomic E-state index is 0.116. The first-order valence-corrected chi connectivity index (χ1v) is 9.50. The van der Waals surface area contributed by atoms with Crippen molar-refractivity contribution in [3.8, 4) is 11.3 Å². The van der Waals surface area contributed by atoms with Crippen LogP contribution in [-0.4, -0.2) is 45.5 Å². The largest absolute Gasteiger partial charge is 0.439 e. The molecule has 0 aliphatic carbocycles. The maximum atomic E-state index is 6.05. The summed E-state index contributed by atoms with van der Waals surface area (Å²) in [4.78, 5) is 6.94. The van der Waals surface area contributed by atoms with E-state index in [2.05, 4.69) is 15.0 Å². The molecule has 0 N–H and O–H groups in total. The number of nitrogens with zero attached hydrogens (tertiary/aromatic N) is 4. The molecule has 27 heavy (non-hydrogen) atoms. The van der Waals surface area contributed by atoms with Gasteiger partial charge in [-0.05, 0) is 43.7 Å². The Balaban J connectivity index is 1.41. The van der Waals surface area contributed by atoms with E-state index in [1.54, 1.807) is 0 Å². The smallest absolute Gasteiger partial charge is 0.209 e. The van der Waals surface area contributed by atoms with E-state index in [0.29, 0.717) is 18.2 Å². The highest BCUT2D eigenvalue weighted by Crippen LogP contribution is 2.26. The van der Waals surface area contributed by atoms with Crippen molar-refractivity contribution in [3.05, 3.63) is 58.8 Å². The van der Waals surface area contributed by atoms with Gasteiger partial charge in [-0.25, -0.2) is 4.98 Å². The zero-order valence-corrected chi connectivity index (χ0v) is 16.3. The number of ether oxygens (including phenoxy) is 1. The van der Waals surface area contributed by atoms with Gasteiger partial charge < -0.3 is 9.15 Å². The van der Waals surface area contributed by atoms with Crippen molar-refractivity contribution in [3.63, 3.8) is 0 Å². The van der Waals surface area contributed by atoms with Gasteiger partial charge in [-0.1, -0.05) is 11.6 Å². The van der Waals surface area contributed by atoms with Crippen molar-refractivity contribution in [2.75, 3.05) is 19.7 Å². The molecule has 3 aromatic rings. The topological polar surface area (TPSA) is 56.3 Å². The van der Waals surface area contributed by atoms with E-state index < -0.39 is 0 Å². The lowest BCUT2D eigenvalue weighted by molar-refractivity contribution is -0.0422. The van der Waals surface area contributed by atoms with Gasteiger partial charge in [0.2, 0.25) is 5.89 Å². The fraction of sp³-hybridized carbons (Fsp3) is 0.400. The number of hydrogen-bond donors (Lipinski definition) is 0. The van der Waals surface area contributed by atoms with Crippen LogP contribution in [-0.2, 0) is 17.8 Å². The Kier molecular flexibility index (Phi) is 5.29. The molecule has 3 heterocycles. The second-order valence-electron chi connectivity index (χ2n) is 7.00. The van der Waals surface area contributed by atoms with Crippen molar-refractivity contribution < 1.29 is 9.15 Å². The van der Waals surface area contributed by atoms with Crippen LogP contribution >= 0.6 is 11.6 Å². The minimum Gasteiger partial charge on any atom is -0.439 e. The molecule has 1 aliphatic heterocycles. The predicted molar refractivity (Wildman–Crippen MR) is 104 cm³/mol. The summed E-state index contributed by atoms with van der Waals surface area (Å²) in [6, 6.07) is 7.64. The second kappa shape index (κ2) is 7.84. The predicted octanol–water partition coefficient (Wildman–Crippen LogP) is 3.71. The number of morpholine rings is 1. The van der Waals surface area contributed by atoms with Crippen LogP contribution in [0.4, 0.5) is 0 Å². The minimum absolute atomic E-state index is 0.116. The Bertz CT molecular complexity index is 903. The molecular formula is C20H23ClN4O2. The molecule has 1 unspecified atom stereocenters. The summed E-state index contributed by atoms with van der Waals surface area (Å²) < 4.78 is 13.9. The summed E-state index contributed by atoms with van der Waals surface area (Å²) >= 11 is 5.98. The molecule has 1 saturated heterocycles. The molecule has 1 fully saturated rings. The van der Waals surface area contributed by atoms with Gasteiger partial charge >= 0.3 is 0 Å². The van der Waals surface area contributed by atoms with Gasteiger partial charge in [-0.2, -0.15) is 5.10 Å². The highest BCUT2D eigenvalue weighted by Gasteiger charge is 2.23. The standard InChI is InChI=1S/C20H23ClN4O2/c1-14-9-22-25(10-14)12-18-11-24(7-8-26-18)13-19-23-15(2)20(27-19)16-3-5-17(21)6-4-16/h3-6,9-10,18H,7-8,11-13H2,1-2H3. The fourth-order valence-corrected chi connectivity index (χ4v) is 3.52. The number of aromatic nitrogens is 3. The van der Waals surface area contributed by atoms with Gasteiger partial charge in [0.15, 0.2) is 5.76 Å². The molecule has 0 radical (unpaired) electrons. The van der Waals surface area contributed by atoms with Crippen molar-refractivity contribution in [1.82, 2.24) is 19.7 Å². The molecule has 4 rings (SSSR count). The van der Waals surface area contributed by atoms with Gasteiger partial charge in [0.05, 0.1) is 37.7 Å². The van der Waals surface area contributed by atoms with Crippen LogP contribution in [0.15, 0.2) is 41.1 Å². The zero-order chi connectivity index (χ0) is 18.8. The maximum Gasteiger partial charge on any atom is 0.209 e. The van der Waals surface area contributed by atoms with Crippen molar-refractivity contribution in [2.24, 2.45) is 0 Å². The molecule has 142 valence electrons. The number of rotatable bonds is 5. The normalized spacial score (nSPS) is 18.1. The molecule has 1 aliphatic rings. The van der Waals surface area contributed by atoms with Gasteiger partial charge in [-0.3, -0.25) is 9.58 Å². The third kappa shape index (κ3) is 4.40. The lowest BCUT2D eigenvalue weighted by Crippen LogP contribution is -2.43. The van der Waals surface area contributed by atoms with Crippen LogP contribution in [0.5, 0.6) is 0 Å². The Labute approximate surface area is 163 Å². The molecular weight excluding hydrogens is 364 g/mol. The van der Waals surface area contributed by atoms with Crippen LogP contribution in [0.25, 0.3) is 11.3 Å². The van der Waals surface area contributed by atoms with Gasteiger partial charge in [0.25, 0.3) is 0 Å². The quantitative estimate of drug-likeness (QED) is 0.669. The summed E-state index contributed by atoms with van der Waals surface area (Å²) in [6.07, 6.45) is 4.02. The van der Waals surface area contributed by atoms with Gasteiger partial charge in [0.1, 0.15) is 0 Å². The third-order valence-corrected chi connectivity index (χ3v) is 4.93. The van der Waals surface area contributed by atoms with Crippen LogP contribution in [0.1, 0.15) is 17.1 Å². The number of aryl methyl sites for hydroxylation is 2. The molecule has 1 aromatic carbocycles. The van der Waals surface area contributed by atoms with Crippen molar-refractivity contribution >= 4 is 11.6 Å². The van der Waals surface area contributed by atoms with Gasteiger partial charge in [0, 0.05) is 29.9 Å². The van der Waals surface area contributed by atoms with Gasteiger partial charge in [-0.15, -0.1) is 0 Å². The summed E-state index contributed by atoms with van der Waals surface area (Å²) in [6.45, 7) is 7.84. The molecule has 0 spiro atoms. The molecule has 1 atom stereocenters. The van der Waals surface area contributed by atoms with E-state index in [0.717, 1.165) is 48.1 Å². The first kappa shape index (κ1) is 18.2. The van der Waals surface area contributed by atoms with Crippen LogP contribution in [0.3, 0.4) is 0 Å². The average molecular weight is 387 g/mol. The number of halogens is 1.